The van der Waals surface area contributed by atoms with Gasteiger partial charge in [-0.1, -0.05) is 60.1 Å². The Labute approximate surface area is 390 Å². The molecule has 0 spiro atoms. The SMILES string of the molecule is C[C@@H]1O[C@H](O[C@H]2[C@H](O)[C@@H](O)[C@H](OC[C@H]3O[C@@H](OC(=O)[C@@]45CC[C@]6(C)C(=C[C@@H](O)[C@H]7[C@]8(C)CCC(=O)C(C)(C)[C@@H]8CC[C@@]76C)[C@H]4CC(C)(C)C(=O)C5)[C@H](O)[C@@H](O)[C@@H]3O)O[C@@H]2CO)[C@@H](O)[C@H](O)[C@H]1O. The minimum atomic E-state index is -1.96. The predicted molar refractivity (Wildman–Crippen MR) is 230 cm³/mol. The van der Waals surface area contributed by atoms with Crippen LogP contribution in [-0.4, -0.2) is 180 Å². The zero-order chi connectivity index (χ0) is 49.3. The highest BCUT2D eigenvalue weighted by molar-refractivity contribution is 5.93. The molecule has 3 heterocycles. The fourth-order valence-corrected chi connectivity index (χ4v) is 14.5. The lowest BCUT2D eigenvalue weighted by molar-refractivity contribution is -0.361. The maximum absolute atomic E-state index is 15.0. The third-order valence-electron chi connectivity index (χ3n) is 18.9. The lowest BCUT2D eigenvalue weighted by Crippen LogP contribution is -2.68. The van der Waals surface area contributed by atoms with E-state index in [0.29, 0.717) is 19.3 Å². The number of carbonyl (C=O) groups excluding carboxylic acids is 3. The van der Waals surface area contributed by atoms with Crippen molar-refractivity contribution in [2.45, 2.75) is 205 Å². The van der Waals surface area contributed by atoms with Crippen molar-refractivity contribution in [1.82, 2.24) is 0 Å². The number of hydrogen-bond acceptors (Lipinski definition) is 19. The largest absolute Gasteiger partial charge is 0.432 e. The Morgan fingerprint density at radius 2 is 1.34 bits per heavy atom. The molecule has 10 N–H and O–H groups in total. The van der Waals surface area contributed by atoms with Crippen molar-refractivity contribution in [3.63, 3.8) is 0 Å². The average molecular weight is 955 g/mol. The van der Waals surface area contributed by atoms with E-state index in [1.807, 2.05) is 33.8 Å². The number of carbonyl (C=O) groups is 3. The summed E-state index contributed by atoms with van der Waals surface area (Å²) in [5.74, 6) is -1.43. The van der Waals surface area contributed by atoms with Gasteiger partial charge < -0.3 is 79.5 Å². The summed E-state index contributed by atoms with van der Waals surface area (Å²) in [6, 6.07) is 0. The number of allylic oxidation sites excluding steroid dienone is 1. The van der Waals surface area contributed by atoms with Gasteiger partial charge in [-0.3, -0.25) is 14.4 Å². The predicted octanol–water partition coefficient (Wildman–Crippen LogP) is -0.474. The van der Waals surface area contributed by atoms with E-state index in [-0.39, 0.29) is 48.1 Å². The highest BCUT2D eigenvalue weighted by Crippen LogP contribution is 2.75. The molecule has 67 heavy (non-hydrogen) atoms. The molecule has 3 aliphatic heterocycles. The number of fused-ring (bicyclic) bond motifs is 7. The number of Topliss-reactive ketones (excluding diaryl/α,β-unsaturated/α-hetero) is 2. The second-order valence-electron chi connectivity index (χ2n) is 23.2. The molecule has 4 saturated carbocycles. The van der Waals surface area contributed by atoms with Crippen LogP contribution in [0, 0.1) is 50.2 Å². The molecule has 0 aromatic rings. The topological polar surface area (TPSA) is 309 Å². The van der Waals surface area contributed by atoms with Gasteiger partial charge in [0.2, 0.25) is 6.29 Å². The molecule has 3 saturated heterocycles. The Morgan fingerprint density at radius 1 is 0.716 bits per heavy atom. The fraction of sp³-hybridized carbons (Fsp3) is 0.896. The molecule has 19 heteroatoms. The van der Waals surface area contributed by atoms with Crippen LogP contribution in [0.3, 0.4) is 0 Å². The minimum absolute atomic E-state index is 0.0768. The van der Waals surface area contributed by atoms with E-state index in [9.17, 15) is 65.4 Å². The maximum atomic E-state index is 15.0. The van der Waals surface area contributed by atoms with Gasteiger partial charge in [0.05, 0.1) is 30.8 Å². The number of ether oxygens (including phenoxy) is 6. The van der Waals surface area contributed by atoms with Crippen LogP contribution in [0.5, 0.6) is 0 Å². The normalized spacial score (nSPS) is 52.7. The maximum Gasteiger partial charge on any atom is 0.315 e. The summed E-state index contributed by atoms with van der Waals surface area (Å²) in [5, 5.41) is 109. The standard InChI is InChI=1S/C48H74O19/c1-20-29(53)31(55)34(58)40(63-20)66-37-24(18-49)64-39(36(60)33(37)57)62-19-25-30(54)32(56)35(59)41(65-25)67-42(61)48-14-13-46(7)21(22(48)16-43(2,3)28(52)17-48)15-23(50)38-45(6)11-10-27(51)44(4,5)26(45)9-12-47(38,46)8/h15,20,22-26,29-41,49-50,53-60H,9-14,16-19H2,1-8H3/t20-,22+,23+,24+,25+,26-,29-,30+,31+,32-,33+,34-,35+,36+,37+,38-,39+,40+,41-,45+,46+,47-,48+/m0/s1. The van der Waals surface area contributed by atoms with Gasteiger partial charge in [0.25, 0.3) is 0 Å². The number of rotatable bonds is 8. The van der Waals surface area contributed by atoms with Gasteiger partial charge in [-0.05, 0) is 73.5 Å². The Morgan fingerprint density at radius 3 is 2.01 bits per heavy atom. The molecule has 0 radical (unpaired) electrons. The van der Waals surface area contributed by atoms with Crippen LogP contribution in [0.25, 0.3) is 0 Å². The number of ketones is 2. The Hall–Kier alpha value is -2.05. The van der Waals surface area contributed by atoms with Crippen molar-refractivity contribution in [2.24, 2.45) is 50.2 Å². The van der Waals surface area contributed by atoms with E-state index in [4.69, 9.17) is 28.4 Å². The molecule has 380 valence electrons. The van der Waals surface area contributed by atoms with Gasteiger partial charge >= 0.3 is 5.97 Å². The van der Waals surface area contributed by atoms with Crippen molar-refractivity contribution in [1.29, 1.82) is 0 Å². The molecule has 19 nitrogen and oxygen atoms in total. The minimum Gasteiger partial charge on any atom is -0.432 e. The Kier molecular flexibility index (Phi) is 13.5. The van der Waals surface area contributed by atoms with Gasteiger partial charge in [0.1, 0.15) is 78.7 Å². The monoisotopic (exact) mass is 954 g/mol. The summed E-state index contributed by atoms with van der Waals surface area (Å²) in [7, 11) is 0. The van der Waals surface area contributed by atoms with Crippen molar-refractivity contribution in [3.8, 4) is 0 Å². The van der Waals surface area contributed by atoms with E-state index < -0.39 is 150 Å². The van der Waals surface area contributed by atoms with Gasteiger partial charge in [-0.25, -0.2) is 0 Å². The first-order valence-corrected chi connectivity index (χ1v) is 24.1. The number of aliphatic hydroxyl groups is 10. The first-order chi connectivity index (χ1) is 31.1. The van der Waals surface area contributed by atoms with Crippen molar-refractivity contribution >= 4 is 17.5 Å². The molecule has 0 aromatic heterocycles. The van der Waals surface area contributed by atoms with E-state index in [1.54, 1.807) is 0 Å². The quantitative estimate of drug-likeness (QED) is 0.109. The smallest absolute Gasteiger partial charge is 0.315 e. The first kappa shape index (κ1) is 51.3. The fourth-order valence-electron chi connectivity index (χ4n) is 14.5. The third-order valence-corrected chi connectivity index (χ3v) is 18.9. The molecule has 23 atom stereocenters. The number of esters is 1. The highest BCUT2D eigenvalue weighted by Gasteiger charge is 2.72. The van der Waals surface area contributed by atoms with E-state index >= 15 is 0 Å². The Bertz CT molecular complexity index is 1940. The zero-order valence-electron chi connectivity index (χ0n) is 39.8. The van der Waals surface area contributed by atoms with E-state index in [1.165, 1.54) is 6.92 Å². The van der Waals surface area contributed by atoms with Crippen molar-refractivity contribution in [3.05, 3.63) is 11.6 Å². The lowest BCUT2D eigenvalue weighted by Gasteiger charge is -2.71. The zero-order valence-corrected chi connectivity index (χ0v) is 39.8. The van der Waals surface area contributed by atoms with Crippen LogP contribution in [-0.2, 0) is 42.8 Å². The molecule has 0 bridgehead atoms. The molecule has 5 aliphatic carbocycles. The summed E-state index contributed by atoms with van der Waals surface area (Å²) >= 11 is 0. The van der Waals surface area contributed by atoms with Crippen LogP contribution in [0.4, 0.5) is 0 Å². The lowest BCUT2D eigenvalue weighted by atomic mass is 9.33. The average Bonchev–Trinajstić information content (AvgIpc) is 3.26. The van der Waals surface area contributed by atoms with E-state index in [2.05, 4.69) is 20.8 Å². The summed E-state index contributed by atoms with van der Waals surface area (Å²) in [4.78, 5) is 42.2. The Balaban J connectivity index is 1.00. The van der Waals surface area contributed by atoms with Gasteiger partial charge in [-0.2, -0.15) is 0 Å². The number of aliphatic hydroxyl groups excluding tert-OH is 10. The summed E-state index contributed by atoms with van der Waals surface area (Å²) in [6.45, 7) is 14.4. The summed E-state index contributed by atoms with van der Waals surface area (Å²) in [5.41, 5.74) is -3.23. The molecule has 7 fully saturated rings. The number of hydrogen-bond donors (Lipinski definition) is 10. The summed E-state index contributed by atoms with van der Waals surface area (Å²) in [6.07, 6.45) is -20.6. The van der Waals surface area contributed by atoms with Crippen LogP contribution in [0.15, 0.2) is 11.6 Å². The van der Waals surface area contributed by atoms with Crippen LogP contribution in [0.1, 0.15) is 107 Å². The second kappa shape index (κ2) is 17.6. The molecule has 8 aliphatic rings. The van der Waals surface area contributed by atoms with Crippen LogP contribution in [0.2, 0.25) is 0 Å². The van der Waals surface area contributed by atoms with Crippen LogP contribution >= 0.6 is 0 Å². The van der Waals surface area contributed by atoms with Crippen LogP contribution < -0.4 is 0 Å². The molecule has 0 amide bonds. The third kappa shape index (κ3) is 7.84. The summed E-state index contributed by atoms with van der Waals surface area (Å²) < 4.78 is 34.4. The van der Waals surface area contributed by atoms with E-state index in [0.717, 1.165) is 18.4 Å². The molecular weight excluding hydrogens is 881 g/mol. The van der Waals surface area contributed by atoms with Gasteiger partial charge in [0.15, 0.2) is 12.6 Å². The molecule has 0 aromatic carbocycles. The first-order valence-electron chi connectivity index (χ1n) is 24.1. The van der Waals surface area contributed by atoms with Crippen molar-refractivity contribution < 1.29 is 93.9 Å². The molecular formula is C48H74O19. The molecule has 0 unspecified atom stereocenters. The molecule has 8 rings (SSSR count). The van der Waals surface area contributed by atoms with Gasteiger partial charge in [0, 0.05) is 29.6 Å². The second-order valence-corrected chi connectivity index (χ2v) is 23.2. The van der Waals surface area contributed by atoms with Gasteiger partial charge in [-0.15, -0.1) is 0 Å². The highest BCUT2D eigenvalue weighted by atomic mass is 16.8. The van der Waals surface area contributed by atoms with Crippen molar-refractivity contribution in [2.75, 3.05) is 13.2 Å².